The number of amides is 2. The van der Waals surface area contributed by atoms with Gasteiger partial charge in [-0.05, 0) is 44.0 Å². The molecule has 5 rings (SSSR count). The van der Waals surface area contributed by atoms with Crippen molar-refractivity contribution < 1.29 is 19.1 Å². The second kappa shape index (κ2) is 9.29. The standard InChI is InChI=1S/C29H28FN5O3/c1-4-19-13-29(20-10-5-6-11-21(20)34-27(29)38)16-35(19)26(37)23(14-28(2,3)30)33-25(36)22-12-17-8-7-9-18(15-31)24(17)32-22/h1,5-12,19,23,25,32-33,36H,13-14,16H2,2-3H3,(H,34,38)/t19-,23+,25?,29+/m1/s1. The zero-order valence-corrected chi connectivity index (χ0v) is 21.1. The van der Waals surface area contributed by atoms with Gasteiger partial charge in [-0.2, -0.15) is 5.26 Å². The number of nitrogens with zero attached hydrogens (tertiary/aromatic N) is 2. The van der Waals surface area contributed by atoms with E-state index >= 15 is 0 Å². The van der Waals surface area contributed by atoms with E-state index in [-0.39, 0.29) is 25.3 Å². The average Bonchev–Trinajstić information content (AvgIpc) is 3.57. The lowest BCUT2D eigenvalue weighted by molar-refractivity contribution is -0.136. The molecule has 2 aliphatic heterocycles. The maximum Gasteiger partial charge on any atom is 0.240 e. The number of benzene rings is 2. The highest BCUT2D eigenvalue weighted by molar-refractivity contribution is 6.07. The Bertz CT molecular complexity index is 1510. The number of likely N-dealkylation sites (tertiary alicyclic amines) is 1. The van der Waals surface area contributed by atoms with Crippen LogP contribution in [0.1, 0.15) is 49.7 Å². The fraction of sp³-hybridized carbons (Fsp3) is 0.345. The third kappa shape index (κ3) is 4.30. The molecule has 1 saturated heterocycles. The van der Waals surface area contributed by atoms with Crippen molar-refractivity contribution in [2.75, 3.05) is 11.9 Å². The van der Waals surface area contributed by atoms with Crippen LogP contribution in [0.25, 0.3) is 10.9 Å². The molecule has 2 amide bonds. The number of H-pyrrole nitrogens is 1. The van der Waals surface area contributed by atoms with Gasteiger partial charge in [0.05, 0.1) is 34.3 Å². The molecule has 9 heteroatoms. The first kappa shape index (κ1) is 25.5. The van der Waals surface area contributed by atoms with Crippen LogP contribution >= 0.6 is 0 Å². The number of rotatable bonds is 6. The predicted molar refractivity (Wildman–Crippen MR) is 140 cm³/mol. The number of halogens is 1. The summed E-state index contributed by atoms with van der Waals surface area (Å²) in [5, 5.41) is 26.9. The zero-order chi connectivity index (χ0) is 27.2. The van der Waals surface area contributed by atoms with Crippen LogP contribution in [0.2, 0.25) is 0 Å². The SMILES string of the molecule is C#C[C@@H]1C[C@@]2(CN1C(=O)[C@H](CC(C)(C)F)NC(O)c1cc3cccc(C#N)c3[nH]1)C(=O)Nc1ccccc12. The molecule has 0 saturated carbocycles. The van der Waals surface area contributed by atoms with Crippen LogP contribution in [-0.4, -0.2) is 51.1 Å². The number of hydrogen-bond donors (Lipinski definition) is 4. The average molecular weight is 514 g/mol. The molecule has 2 aliphatic rings. The van der Waals surface area contributed by atoms with Gasteiger partial charge >= 0.3 is 0 Å². The van der Waals surface area contributed by atoms with Gasteiger partial charge in [0.25, 0.3) is 0 Å². The largest absolute Gasteiger partial charge is 0.373 e. The Kier molecular flexibility index (Phi) is 6.22. The Morgan fingerprint density at radius 3 is 2.82 bits per heavy atom. The van der Waals surface area contributed by atoms with Gasteiger partial charge in [0.15, 0.2) is 0 Å². The lowest BCUT2D eigenvalue weighted by Gasteiger charge is -2.31. The van der Waals surface area contributed by atoms with Crippen LogP contribution in [0.15, 0.2) is 48.5 Å². The van der Waals surface area contributed by atoms with Gasteiger partial charge in [0.1, 0.15) is 18.0 Å². The van der Waals surface area contributed by atoms with Crippen LogP contribution in [0.5, 0.6) is 0 Å². The molecule has 0 aliphatic carbocycles. The number of nitrogens with one attached hydrogen (secondary N) is 3. The number of carbonyl (C=O) groups is 2. The number of aliphatic hydroxyl groups is 1. The van der Waals surface area contributed by atoms with Gasteiger partial charge in [-0.1, -0.05) is 36.3 Å². The highest BCUT2D eigenvalue weighted by atomic mass is 19.1. The Balaban J connectivity index is 1.44. The predicted octanol–water partition coefficient (Wildman–Crippen LogP) is 3.25. The molecular weight excluding hydrogens is 485 g/mol. The lowest BCUT2D eigenvalue weighted by atomic mass is 9.79. The van der Waals surface area contributed by atoms with E-state index in [4.69, 9.17) is 6.42 Å². The van der Waals surface area contributed by atoms with E-state index in [1.54, 1.807) is 24.3 Å². The topological polar surface area (TPSA) is 121 Å². The summed E-state index contributed by atoms with van der Waals surface area (Å²) in [6.07, 6.45) is 4.46. The van der Waals surface area contributed by atoms with Crippen LogP contribution in [0, 0.1) is 23.7 Å². The normalized spacial score (nSPS) is 22.1. The van der Waals surface area contributed by atoms with Crippen LogP contribution < -0.4 is 10.6 Å². The number of anilines is 1. The van der Waals surface area contributed by atoms with Gasteiger partial charge in [-0.3, -0.25) is 14.9 Å². The number of alkyl halides is 1. The van der Waals surface area contributed by atoms with Crippen molar-refractivity contribution in [3.8, 4) is 18.4 Å². The van der Waals surface area contributed by atoms with E-state index in [0.29, 0.717) is 27.8 Å². The highest BCUT2D eigenvalue weighted by Gasteiger charge is 2.56. The van der Waals surface area contributed by atoms with Crippen LogP contribution in [-0.2, 0) is 15.0 Å². The molecule has 1 aromatic heterocycles. The fourth-order valence-electron chi connectivity index (χ4n) is 5.62. The number of carbonyl (C=O) groups excluding carboxylic acids is 2. The zero-order valence-electron chi connectivity index (χ0n) is 21.1. The molecule has 1 spiro atoms. The number of terminal acetylenes is 1. The number of para-hydroxylation sites is 2. The molecule has 3 aromatic rings. The first-order valence-electron chi connectivity index (χ1n) is 12.4. The Labute approximate surface area is 219 Å². The summed E-state index contributed by atoms with van der Waals surface area (Å²) in [6, 6.07) is 14.4. The number of hydrogen-bond acceptors (Lipinski definition) is 5. The van der Waals surface area contributed by atoms with Crippen molar-refractivity contribution in [2.24, 2.45) is 0 Å². The quantitative estimate of drug-likeness (QED) is 0.298. The van der Waals surface area contributed by atoms with Crippen LogP contribution in [0.4, 0.5) is 10.1 Å². The summed E-state index contributed by atoms with van der Waals surface area (Å²) in [5.74, 6) is 1.91. The van der Waals surface area contributed by atoms with E-state index < -0.39 is 35.3 Å². The molecule has 8 nitrogen and oxygen atoms in total. The van der Waals surface area contributed by atoms with Gasteiger partial charge in [-0.15, -0.1) is 6.42 Å². The summed E-state index contributed by atoms with van der Waals surface area (Å²) in [7, 11) is 0. The van der Waals surface area contributed by atoms with Crippen molar-refractivity contribution in [1.82, 2.24) is 15.2 Å². The van der Waals surface area contributed by atoms with E-state index in [1.165, 1.54) is 18.7 Å². The molecular formula is C29H28FN5O3. The maximum atomic E-state index is 14.9. The number of fused-ring (bicyclic) bond motifs is 3. The molecule has 194 valence electrons. The number of nitriles is 1. The van der Waals surface area contributed by atoms with Gasteiger partial charge in [0.2, 0.25) is 11.8 Å². The van der Waals surface area contributed by atoms with E-state index in [2.05, 4.69) is 27.6 Å². The highest BCUT2D eigenvalue weighted by Crippen LogP contribution is 2.46. The van der Waals surface area contributed by atoms with E-state index in [0.717, 1.165) is 5.56 Å². The third-order valence-electron chi connectivity index (χ3n) is 7.40. The summed E-state index contributed by atoms with van der Waals surface area (Å²) in [6.45, 7) is 2.75. The van der Waals surface area contributed by atoms with Gasteiger partial charge < -0.3 is 20.3 Å². The summed E-state index contributed by atoms with van der Waals surface area (Å²) >= 11 is 0. The van der Waals surface area contributed by atoms with E-state index in [1.807, 2.05) is 24.3 Å². The second-order valence-corrected chi connectivity index (χ2v) is 10.6. The van der Waals surface area contributed by atoms with Crippen molar-refractivity contribution >= 4 is 28.4 Å². The molecule has 38 heavy (non-hydrogen) atoms. The maximum absolute atomic E-state index is 14.9. The number of aromatic amines is 1. The monoisotopic (exact) mass is 513 g/mol. The molecule has 4 atom stereocenters. The Hall–Kier alpha value is -4.18. The minimum atomic E-state index is -1.75. The fourth-order valence-corrected chi connectivity index (χ4v) is 5.62. The first-order valence-corrected chi connectivity index (χ1v) is 12.4. The molecule has 3 heterocycles. The van der Waals surface area contributed by atoms with Crippen molar-refractivity contribution in [3.63, 3.8) is 0 Å². The van der Waals surface area contributed by atoms with Crippen molar-refractivity contribution in [1.29, 1.82) is 5.26 Å². The molecule has 0 radical (unpaired) electrons. The summed E-state index contributed by atoms with van der Waals surface area (Å²) in [4.78, 5) is 31.5. The Morgan fingerprint density at radius 1 is 1.34 bits per heavy atom. The number of aromatic nitrogens is 1. The van der Waals surface area contributed by atoms with Gasteiger partial charge in [0, 0.05) is 24.0 Å². The Morgan fingerprint density at radius 2 is 2.11 bits per heavy atom. The smallest absolute Gasteiger partial charge is 0.240 e. The molecule has 4 N–H and O–H groups in total. The summed E-state index contributed by atoms with van der Waals surface area (Å²) < 4.78 is 14.9. The van der Waals surface area contributed by atoms with Crippen molar-refractivity contribution in [2.45, 2.75) is 56.1 Å². The van der Waals surface area contributed by atoms with Gasteiger partial charge in [-0.25, -0.2) is 4.39 Å². The second-order valence-electron chi connectivity index (χ2n) is 10.6. The van der Waals surface area contributed by atoms with Crippen molar-refractivity contribution in [3.05, 3.63) is 65.4 Å². The van der Waals surface area contributed by atoms with E-state index in [9.17, 15) is 24.3 Å². The number of aliphatic hydroxyl groups excluding tert-OH is 1. The van der Waals surface area contributed by atoms with Crippen LogP contribution in [0.3, 0.4) is 0 Å². The minimum Gasteiger partial charge on any atom is -0.373 e. The third-order valence-corrected chi connectivity index (χ3v) is 7.40. The first-order chi connectivity index (χ1) is 18.1. The molecule has 2 aromatic carbocycles. The molecule has 1 unspecified atom stereocenters. The minimum absolute atomic E-state index is 0.0441. The summed E-state index contributed by atoms with van der Waals surface area (Å²) in [5.41, 5.74) is 0.0138. The lowest BCUT2D eigenvalue weighted by Crippen LogP contribution is -2.52. The molecule has 1 fully saturated rings. The molecule has 0 bridgehead atoms.